The molecule has 2 aromatic rings. The molecule has 152 valence electrons. The molecule has 6 heteroatoms. The van der Waals surface area contributed by atoms with E-state index >= 15 is 0 Å². The maximum atomic E-state index is 12.7. The van der Waals surface area contributed by atoms with E-state index in [2.05, 4.69) is 11.9 Å². The lowest BCUT2D eigenvalue weighted by molar-refractivity contribution is -0.121. The minimum absolute atomic E-state index is 0.0666. The number of ether oxygens (including phenoxy) is 2. The largest absolute Gasteiger partial charge is 0.493 e. The van der Waals surface area contributed by atoms with Gasteiger partial charge in [-0.2, -0.15) is 0 Å². The van der Waals surface area contributed by atoms with Crippen LogP contribution in [0.1, 0.15) is 30.9 Å². The van der Waals surface area contributed by atoms with Crippen molar-refractivity contribution >= 4 is 34.6 Å². The highest BCUT2D eigenvalue weighted by Crippen LogP contribution is 2.35. The van der Waals surface area contributed by atoms with Gasteiger partial charge in [0.2, 0.25) is 0 Å². The molecule has 1 aliphatic heterocycles. The van der Waals surface area contributed by atoms with Crippen LogP contribution < -0.4 is 9.47 Å². The van der Waals surface area contributed by atoms with Crippen molar-refractivity contribution in [2.75, 3.05) is 20.8 Å². The second kappa shape index (κ2) is 9.65. The number of amidine groups is 1. The van der Waals surface area contributed by atoms with Gasteiger partial charge < -0.3 is 9.47 Å². The van der Waals surface area contributed by atoms with E-state index in [1.54, 1.807) is 19.1 Å². The van der Waals surface area contributed by atoms with E-state index in [9.17, 15) is 4.79 Å². The van der Waals surface area contributed by atoms with E-state index in [0.717, 1.165) is 24.1 Å². The van der Waals surface area contributed by atoms with Gasteiger partial charge in [-0.25, -0.2) is 4.99 Å². The number of amides is 1. The second-order valence-electron chi connectivity index (χ2n) is 6.82. The van der Waals surface area contributed by atoms with Crippen LogP contribution in [0.2, 0.25) is 0 Å². The fraction of sp³-hybridized carbons (Fsp3) is 0.304. The molecule has 3 rings (SSSR count). The minimum Gasteiger partial charge on any atom is -0.493 e. The van der Waals surface area contributed by atoms with Gasteiger partial charge >= 0.3 is 0 Å². The zero-order valence-corrected chi connectivity index (χ0v) is 18.1. The topological polar surface area (TPSA) is 51.1 Å². The molecule has 0 atom stereocenters. The van der Waals surface area contributed by atoms with Crippen LogP contribution >= 0.6 is 11.8 Å². The van der Waals surface area contributed by atoms with E-state index < -0.39 is 0 Å². The average Bonchev–Trinajstić information content (AvgIpc) is 2.98. The van der Waals surface area contributed by atoms with Gasteiger partial charge in [-0.05, 0) is 61.0 Å². The maximum Gasteiger partial charge on any atom is 0.266 e. The third-order valence-corrected chi connectivity index (χ3v) is 5.56. The summed E-state index contributed by atoms with van der Waals surface area (Å²) in [5, 5.41) is 0.664. The van der Waals surface area contributed by atoms with Crippen LogP contribution in [0, 0.1) is 6.92 Å². The smallest absolute Gasteiger partial charge is 0.266 e. The summed E-state index contributed by atoms with van der Waals surface area (Å²) in [6.07, 6.45) is 3.93. The predicted octanol–water partition coefficient (Wildman–Crippen LogP) is 5.42. The van der Waals surface area contributed by atoms with Crippen LogP contribution in [0.4, 0.5) is 5.69 Å². The quantitative estimate of drug-likeness (QED) is 0.452. The number of rotatable bonds is 7. The summed E-state index contributed by atoms with van der Waals surface area (Å²) in [7, 11) is 3.36. The highest BCUT2D eigenvalue weighted by atomic mass is 32.2. The maximum absolute atomic E-state index is 12.7. The molecule has 1 fully saturated rings. The number of likely N-dealkylation sites (N-methyl/N-ethyl adjacent to an activating group) is 1. The molecular weight excluding hydrogens is 384 g/mol. The molecule has 1 aliphatic rings. The summed E-state index contributed by atoms with van der Waals surface area (Å²) in [5.74, 6) is 1.31. The molecule has 0 spiro atoms. The third kappa shape index (κ3) is 5.21. The number of hydrogen-bond acceptors (Lipinski definition) is 5. The number of methoxy groups -OCH3 is 1. The number of carbonyl (C=O) groups is 1. The van der Waals surface area contributed by atoms with Gasteiger partial charge in [0.1, 0.15) is 0 Å². The van der Waals surface area contributed by atoms with Crippen molar-refractivity contribution in [1.29, 1.82) is 0 Å². The molecule has 0 N–H and O–H groups in total. The van der Waals surface area contributed by atoms with Crippen molar-refractivity contribution in [3.63, 3.8) is 0 Å². The molecule has 1 amide bonds. The van der Waals surface area contributed by atoms with Crippen LogP contribution in [0.5, 0.6) is 11.5 Å². The number of aryl methyl sites for hydroxylation is 1. The Kier molecular flexibility index (Phi) is 6.99. The van der Waals surface area contributed by atoms with E-state index in [1.807, 2.05) is 55.5 Å². The first-order valence-electron chi connectivity index (χ1n) is 9.65. The standard InChI is InChI=1S/C23H26N2O3S/c1-5-6-13-28-19-12-9-17(14-20(19)27-4)15-21-22(26)25(3)23(29-21)24-18-10-7-16(2)8-11-18/h7-12,14-15H,5-6,13H2,1-4H3/b21-15+,24-23?. The van der Waals surface area contributed by atoms with Crippen molar-refractivity contribution in [3.8, 4) is 11.5 Å². The summed E-state index contributed by atoms with van der Waals surface area (Å²) in [6.45, 7) is 4.82. The van der Waals surface area contributed by atoms with E-state index in [0.29, 0.717) is 28.2 Å². The summed E-state index contributed by atoms with van der Waals surface area (Å²) < 4.78 is 11.2. The molecule has 0 saturated carbocycles. The highest BCUT2D eigenvalue weighted by molar-refractivity contribution is 8.18. The van der Waals surface area contributed by atoms with Crippen molar-refractivity contribution in [2.45, 2.75) is 26.7 Å². The Balaban J connectivity index is 1.81. The van der Waals surface area contributed by atoms with Gasteiger partial charge in [0.25, 0.3) is 5.91 Å². The number of nitrogens with zero attached hydrogens (tertiary/aromatic N) is 2. The number of unbranched alkanes of at least 4 members (excludes halogenated alkanes) is 1. The van der Waals surface area contributed by atoms with Gasteiger partial charge in [0.15, 0.2) is 16.7 Å². The molecule has 0 unspecified atom stereocenters. The molecule has 2 aromatic carbocycles. The van der Waals surface area contributed by atoms with Crippen LogP contribution in [-0.2, 0) is 4.79 Å². The van der Waals surface area contributed by atoms with Crippen LogP contribution in [0.15, 0.2) is 52.4 Å². The Hall–Kier alpha value is -2.73. The van der Waals surface area contributed by atoms with E-state index in [1.165, 1.54) is 17.3 Å². The number of carbonyl (C=O) groups excluding carboxylic acids is 1. The lowest BCUT2D eigenvalue weighted by Gasteiger charge is -2.11. The molecule has 29 heavy (non-hydrogen) atoms. The second-order valence-corrected chi connectivity index (χ2v) is 7.83. The Bertz CT molecular complexity index is 936. The Labute approximate surface area is 176 Å². The highest BCUT2D eigenvalue weighted by Gasteiger charge is 2.30. The third-order valence-electron chi connectivity index (χ3n) is 4.50. The van der Waals surface area contributed by atoms with Gasteiger partial charge in [-0.3, -0.25) is 9.69 Å². The zero-order chi connectivity index (χ0) is 20.8. The molecule has 1 saturated heterocycles. The van der Waals surface area contributed by atoms with Gasteiger partial charge in [0, 0.05) is 7.05 Å². The first-order valence-corrected chi connectivity index (χ1v) is 10.5. The van der Waals surface area contributed by atoms with Crippen LogP contribution in [0.25, 0.3) is 6.08 Å². The fourth-order valence-corrected chi connectivity index (χ4v) is 3.74. The molecule has 5 nitrogen and oxygen atoms in total. The summed E-state index contributed by atoms with van der Waals surface area (Å²) >= 11 is 1.37. The zero-order valence-electron chi connectivity index (χ0n) is 17.3. The Morgan fingerprint density at radius 1 is 1.14 bits per heavy atom. The van der Waals surface area contributed by atoms with Gasteiger partial charge in [0.05, 0.1) is 24.3 Å². The molecule has 0 radical (unpaired) electrons. The van der Waals surface area contributed by atoms with Gasteiger partial charge in [-0.1, -0.05) is 37.1 Å². The monoisotopic (exact) mass is 410 g/mol. The average molecular weight is 411 g/mol. The van der Waals surface area contributed by atoms with Crippen molar-refractivity contribution in [1.82, 2.24) is 4.90 Å². The minimum atomic E-state index is -0.0666. The predicted molar refractivity (Wildman–Crippen MR) is 120 cm³/mol. The molecule has 1 heterocycles. The van der Waals surface area contributed by atoms with Gasteiger partial charge in [-0.15, -0.1) is 0 Å². The van der Waals surface area contributed by atoms with E-state index in [-0.39, 0.29) is 5.91 Å². The number of aliphatic imine (C=N–C) groups is 1. The SMILES string of the molecule is CCCCOc1ccc(/C=C2/SC(=Nc3ccc(C)cc3)N(C)C2=O)cc1OC. The normalized spacial score (nSPS) is 16.7. The molecular formula is C23H26N2O3S. The Morgan fingerprint density at radius 3 is 2.59 bits per heavy atom. The summed E-state index contributed by atoms with van der Waals surface area (Å²) in [5.41, 5.74) is 2.88. The lowest BCUT2D eigenvalue weighted by atomic mass is 10.2. The number of benzene rings is 2. The van der Waals surface area contributed by atoms with Crippen molar-refractivity contribution in [3.05, 3.63) is 58.5 Å². The molecule has 0 aromatic heterocycles. The first kappa shape index (κ1) is 21.0. The Morgan fingerprint density at radius 2 is 1.90 bits per heavy atom. The fourth-order valence-electron chi connectivity index (χ4n) is 2.75. The van der Waals surface area contributed by atoms with Crippen molar-refractivity contribution in [2.24, 2.45) is 4.99 Å². The number of thioether (sulfide) groups is 1. The van der Waals surface area contributed by atoms with Crippen LogP contribution in [-0.4, -0.2) is 36.7 Å². The van der Waals surface area contributed by atoms with E-state index in [4.69, 9.17) is 9.47 Å². The lowest BCUT2D eigenvalue weighted by Crippen LogP contribution is -2.23. The first-order chi connectivity index (χ1) is 14.0. The van der Waals surface area contributed by atoms with Crippen LogP contribution in [0.3, 0.4) is 0 Å². The summed E-state index contributed by atoms with van der Waals surface area (Å²) in [4.78, 5) is 19.5. The number of hydrogen-bond donors (Lipinski definition) is 0. The molecule has 0 aliphatic carbocycles. The van der Waals surface area contributed by atoms with Crippen molar-refractivity contribution < 1.29 is 14.3 Å². The molecule has 0 bridgehead atoms. The summed E-state index contributed by atoms with van der Waals surface area (Å²) in [6, 6.07) is 13.6.